The van der Waals surface area contributed by atoms with Crippen LogP contribution in [0.4, 0.5) is 5.69 Å². The number of piperazine rings is 1. The quantitative estimate of drug-likeness (QED) is 0.808. The Morgan fingerprint density at radius 2 is 1.90 bits per heavy atom. The monoisotopic (exact) mass is 394 g/mol. The van der Waals surface area contributed by atoms with Crippen molar-refractivity contribution in [1.82, 2.24) is 4.90 Å². The van der Waals surface area contributed by atoms with Crippen LogP contribution in [0.25, 0.3) is 6.08 Å². The first kappa shape index (κ1) is 19.2. The topological polar surface area (TPSA) is 62.2 Å². The van der Waals surface area contributed by atoms with E-state index in [2.05, 4.69) is 4.90 Å². The zero-order valence-corrected chi connectivity index (χ0v) is 16.8. The van der Waals surface area contributed by atoms with Gasteiger partial charge in [-0.3, -0.25) is 4.79 Å². The molecule has 4 rings (SSSR count). The molecule has 1 amide bonds. The van der Waals surface area contributed by atoms with E-state index in [0.717, 1.165) is 47.8 Å². The molecule has 1 atom stereocenters. The average Bonchev–Trinajstić information content (AvgIpc) is 3.10. The summed E-state index contributed by atoms with van der Waals surface area (Å²) in [5.41, 5.74) is 3.04. The van der Waals surface area contributed by atoms with Crippen LogP contribution in [-0.4, -0.2) is 55.3 Å². The van der Waals surface area contributed by atoms with E-state index < -0.39 is 0 Å². The summed E-state index contributed by atoms with van der Waals surface area (Å²) in [5, 5.41) is 9.43. The highest BCUT2D eigenvalue weighted by Crippen LogP contribution is 2.35. The number of nitrogens with zero attached hydrogens (tertiary/aromatic N) is 2. The first-order chi connectivity index (χ1) is 14.0. The smallest absolute Gasteiger partial charge is 0.246 e. The van der Waals surface area contributed by atoms with Gasteiger partial charge in [0.1, 0.15) is 23.4 Å². The van der Waals surface area contributed by atoms with Crippen molar-refractivity contribution in [3.05, 3.63) is 53.6 Å². The summed E-state index contributed by atoms with van der Waals surface area (Å²) in [4.78, 5) is 16.7. The van der Waals surface area contributed by atoms with E-state index in [1.807, 2.05) is 36.1 Å². The van der Waals surface area contributed by atoms with Crippen LogP contribution in [-0.2, 0) is 11.2 Å². The standard InChI is InChI=1S/C23H26N2O4/c1-16-13-18-15-21(28-2)17(14-22(18)29-16)3-8-23(27)25-11-9-24(10-12-25)19-4-6-20(26)7-5-19/h3-8,14-16,26H,9-13H2,1-2H3/b8-3+. The number of benzene rings is 2. The molecule has 2 aliphatic heterocycles. The van der Waals surface area contributed by atoms with Crippen LogP contribution in [0.3, 0.4) is 0 Å². The number of hydrogen-bond donors (Lipinski definition) is 1. The number of ether oxygens (including phenoxy) is 2. The Morgan fingerprint density at radius 3 is 2.59 bits per heavy atom. The molecule has 152 valence electrons. The molecular weight excluding hydrogens is 368 g/mol. The Labute approximate surface area is 171 Å². The third-order valence-corrected chi connectivity index (χ3v) is 5.46. The molecule has 1 fully saturated rings. The van der Waals surface area contributed by atoms with Gasteiger partial charge in [0.2, 0.25) is 5.91 Å². The number of carbonyl (C=O) groups excluding carboxylic acids is 1. The third-order valence-electron chi connectivity index (χ3n) is 5.46. The van der Waals surface area contributed by atoms with Crippen molar-refractivity contribution in [2.24, 2.45) is 0 Å². The summed E-state index contributed by atoms with van der Waals surface area (Å²) in [5.74, 6) is 1.87. The van der Waals surface area contributed by atoms with Crippen molar-refractivity contribution in [3.63, 3.8) is 0 Å². The lowest BCUT2D eigenvalue weighted by molar-refractivity contribution is -0.126. The van der Waals surface area contributed by atoms with Crippen LogP contribution in [0.1, 0.15) is 18.1 Å². The van der Waals surface area contributed by atoms with Crippen molar-refractivity contribution in [2.75, 3.05) is 38.2 Å². The van der Waals surface area contributed by atoms with Crippen LogP contribution in [0, 0.1) is 0 Å². The molecule has 1 N–H and O–H groups in total. The number of rotatable bonds is 4. The number of amides is 1. The van der Waals surface area contributed by atoms with Gasteiger partial charge in [0.25, 0.3) is 0 Å². The van der Waals surface area contributed by atoms with Crippen molar-refractivity contribution in [3.8, 4) is 17.2 Å². The molecule has 6 nitrogen and oxygen atoms in total. The summed E-state index contributed by atoms with van der Waals surface area (Å²) < 4.78 is 11.3. The van der Waals surface area contributed by atoms with Crippen molar-refractivity contribution < 1.29 is 19.4 Å². The molecule has 2 heterocycles. The van der Waals surface area contributed by atoms with E-state index in [1.165, 1.54) is 0 Å². The zero-order chi connectivity index (χ0) is 20.4. The Morgan fingerprint density at radius 1 is 1.17 bits per heavy atom. The van der Waals surface area contributed by atoms with Gasteiger partial charge in [-0.15, -0.1) is 0 Å². The van der Waals surface area contributed by atoms with Gasteiger partial charge in [-0.05, 0) is 49.4 Å². The Bertz CT molecular complexity index is 915. The fraction of sp³-hybridized carbons (Fsp3) is 0.348. The fourth-order valence-corrected chi connectivity index (χ4v) is 3.88. The van der Waals surface area contributed by atoms with E-state index in [0.29, 0.717) is 13.1 Å². The third kappa shape index (κ3) is 4.16. The number of aromatic hydroxyl groups is 1. The molecule has 0 aliphatic carbocycles. The van der Waals surface area contributed by atoms with Gasteiger partial charge < -0.3 is 24.4 Å². The van der Waals surface area contributed by atoms with Crippen molar-refractivity contribution in [2.45, 2.75) is 19.4 Å². The molecule has 1 unspecified atom stereocenters. The predicted octanol–water partition coefficient (Wildman–Crippen LogP) is 3.09. The Balaban J connectivity index is 1.39. The number of anilines is 1. The van der Waals surface area contributed by atoms with E-state index >= 15 is 0 Å². The highest BCUT2D eigenvalue weighted by molar-refractivity contribution is 5.92. The maximum Gasteiger partial charge on any atom is 0.246 e. The molecule has 6 heteroatoms. The van der Waals surface area contributed by atoms with Gasteiger partial charge in [-0.1, -0.05) is 0 Å². The zero-order valence-electron chi connectivity index (χ0n) is 16.8. The van der Waals surface area contributed by atoms with Gasteiger partial charge >= 0.3 is 0 Å². The second-order valence-corrected chi connectivity index (χ2v) is 7.50. The minimum atomic E-state index is -0.00723. The lowest BCUT2D eigenvalue weighted by atomic mass is 10.1. The van der Waals surface area contributed by atoms with Crippen molar-refractivity contribution >= 4 is 17.7 Å². The van der Waals surface area contributed by atoms with E-state index in [9.17, 15) is 9.90 Å². The van der Waals surface area contributed by atoms with Crippen LogP contribution >= 0.6 is 0 Å². The molecule has 2 aromatic carbocycles. The second-order valence-electron chi connectivity index (χ2n) is 7.50. The maximum atomic E-state index is 12.7. The van der Waals surface area contributed by atoms with Gasteiger partial charge in [0, 0.05) is 55.5 Å². The van der Waals surface area contributed by atoms with E-state index in [4.69, 9.17) is 9.47 Å². The largest absolute Gasteiger partial charge is 0.508 e. The molecular formula is C23H26N2O4. The Kier molecular flexibility index (Phi) is 5.34. The number of fused-ring (bicyclic) bond motifs is 1. The molecule has 0 saturated carbocycles. The SMILES string of the molecule is COc1cc2c(cc1/C=C/C(=O)N1CCN(c3ccc(O)cc3)CC1)OC(C)C2. The molecule has 29 heavy (non-hydrogen) atoms. The number of phenols is 1. The molecule has 0 aromatic heterocycles. The molecule has 2 aliphatic rings. The lowest BCUT2D eigenvalue weighted by Gasteiger charge is -2.35. The molecule has 2 aromatic rings. The highest BCUT2D eigenvalue weighted by Gasteiger charge is 2.22. The maximum absolute atomic E-state index is 12.7. The van der Waals surface area contributed by atoms with Crippen LogP contribution < -0.4 is 14.4 Å². The molecule has 1 saturated heterocycles. The minimum Gasteiger partial charge on any atom is -0.508 e. The number of hydrogen-bond acceptors (Lipinski definition) is 5. The highest BCUT2D eigenvalue weighted by atomic mass is 16.5. The number of methoxy groups -OCH3 is 1. The lowest BCUT2D eigenvalue weighted by Crippen LogP contribution is -2.48. The van der Waals surface area contributed by atoms with Gasteiger partial charge in [0.15, 0.2) is 0 Å². The summed E-state index contributed by atoms with van der Waals surface area (Å²) in [7, 11) is 1.64. The van der Waals surface area contributed by atoms with E-state index in [-0.39, 0.29) is 17.8 Å². The Hall–Kier alpha value is -3.15. The first-order valence-corrected chi connectivity index (χ1v) is 9.92. The number of phenolic OH excluding ortho intramolecular Hbond substituents is 1. The van der Waals surface area contributed by atoms with Crippen LogP contribution in [0.2, 0.25) is 0 Å². The summed E-state index contributed by atoms with van der Waals surface area (Å²) in [6.45, 7) is 4.89. The summed E-state index contributed by atoms with van der Waals surface area (Å²) in [6, 6.07) is 11.1. The molecule has 0 radical (unpaired) electrons. The summed E-state index contributed by atoms with van der Waals surface area (Å²) in [6.07, 6.45) is 4.46. The first-order valence-electron chi connectivity index (χ1n) is 9.92. The van der Waals surface area contributed by atoms with Crippen molar-refractivity contribution in [1.29, 1.82) is 0 Å². The van der Waals surface area contributed by atoms with Gasteiger partial charge in [-0.25, -0.2) is 0 Å². The fourth-order valence-electron chi connectivity index (χ4n) is 3.88. The molecule has 0 spiro atoms. The van der Waals surface area contributed by atoms with Crippen LogP contribution in [0.5, 0.6) is 17.2 Å². The average molecular weight is 394 g/mol. The van der Waals surface area contributed by atoms with Gasteiger partial charge in [-0.2, -0.15) is 0 Å². The molecule has 0 bridgehead atoms. The van der Waals surface area contributed by atoms with Gasteiger partial charge in [0.05, 0.1) is 7.11 Å². The minimum absolute atomic E-state index is 0.00723. The predicted molar refractivity (Wildman–Crippen MR) is 113 cm³/mol. The normalized spacial score (nSPS) is 18.6. The van der Waals surface area contributed by atoms with E-state index in [1.54, 1.807) is 31.4 Å². The van der Waals surface area contributed by atoms with Crippen LogP contribution in [0.15, 0.2) is 42.5 Å². The second kappa shape index (κ2) is 8.07. The number of carbonyl (C=O) groups is 1. The summed E-state index contributed by atoms with van der Waals surface area (Å²) >= 11 is 0.